The van der Waals surface area contributed by atoms with Crippen LogP contribution in [0.4, 0.5) is 0 Å². The molecular formula is C63H41N5. The molecular weight excluding hydrogens is 827 g/mol. The molecule has 0 amide bonds. The summed E-state index contributed by atoms with van der Waals surface area (Å²) in [6, 6.07) is 88.2. The Morgan fingerprint density at radius 1 is 0.250 bits per heavy atom. The molecule has 13 rings (SSSR count). The molecule has 68 heavy (non-hydrogen) atoms. The van der Waals surface area contributed by atoms with Crippen LogP contribution in [-0.4, -0.2) is 24.1 Å². The van der Waals surface area contributed by atoms with Crippen LogP contribution in [0.1, 0.15) is 0 Å². The number of rotatable bonds is 8. The van der Waals surface area contributed by atoms with Crippen molar-refractivity contribution in [3.05, 3.63) is 249 Å². The van der Waals surface area contributed by atoms with E-state index < -0.39 is 0 Å². The summed E-state index contributed by atoms with van der Waals surface area (Å²) < 4.78 is 4.70. The fourth-order valence-electron chi connectivity index (χ4n) is 10.00. The number of hydrogen-bond donors (Lipinski definition) is 0. The quantitative estimate of drug-likeness (QED) is 0.153. The Bertz CT molecular complexity index is 4000. The minimum atomic E-state index is 0.551. The molecule has 13 aromatic rings. The minimum absolute atomic E-state index is 0.551. The van der Waals surface area contributed by atoms with Crippen LogP contribution < -0.4 is 0 Å². The molecule has 0 fully saturated rings. The molecule has 0 unspecified atom stereocenters. The van der Waals surface area contributed by atoms with E-state index in [4.69, 9.17) is 15.0 Å². The minimum Gasteiger partial charge on any atom is -0.307 e. The molecule has 0 N–H and O–H groups in total. The normalized spacial score (nSPS) is 11.5. The van der Waals surface area contributed by atoms with Crippen LogP contribution in [0.3, 0.4) is 0 Å². The Morgan fingerprint density at radius 2 is 0.647 bits per heavy atom. The van der Waals surface area contributed by atoms with E-state index in [1.165, 1.54) is 27.6 Å². The van der Waals surface area contributed by atoms with Crippen LogP contribution in [0, 0.1) is 0 Å². The lowest BCUT2D eigenvalue weighted by molar-refractivity contribution is 0.953. The molecule has 0 spiro atoms. The van der Waals surface area contributed by atoms with E-state index >= 15 is 0 Å². The maximum absolute atomic E-state index is 5.42. The van der Waals surface area contributed by atoms with E-state index in [9.17, 15) is 0 Å². The van der Waals surface area contributed by atoms with Crippen molar-refractivity contribution in [1.82, 2.24) is 24.1 Å². The maximum Gasteiger partial charge on any atom is 0.238 e. The van der Waals surface area contributed by atoms with Crippen molar-refractivity contribution in [3.63, 3.8) is 0 Å². The van der Waals surface area contributed by atoms with Crippen LogP contribution in [0.2, 0.25) is 0 Å². The predicted octanol–water partition coefficient (Wildman–Crippen LogP) is 16.1. The molecule has 318 valence electrons. The summed E-state index contributed by atoms with van der Waals surface area (Å²) in [7, 11) is 0. The van der Waals surface area contributed by atoms with Crippen molar-refractivity contribution in [2.45, 2.75) is 0 Å². The van der Waals surface area contributed by atoms with Gasteiger partial charge in [0.25, 0.3) is 0 Å². The molecule has 10 aromatic carbocycles. The Morgan fingerprint density at radius 3 is 1.24 bits per heavy atom. The standard InChI is InChI=1S/C63H41N5/c1-4-18-42(19-5-1)47-24-16-26-49(40-47)50-27-17-25-48(41-50)43-34-36-46(37-35-43)62-64-61(45-22-8-3-9-23-45)65-63(66-62)68-58-33-15-12-30-53(58)55-39-38-54-52-29-11-14-32-57(52)67(59(54)60(55)68)56-31-13-10-28-51(56)44-20-6-2-7-21-44/h1-41H. The van der Waals surface area contributed by atoms with E-state index in [2.05, 4.69) is 240 Å². The van der Waals surface area contributed by atoms with Crippen molar-refractivity contribution in [3.8, 4) is 78.9 Å². The lowest BCUT2D eigenvalue weighted by Crippen LogP contribution is -2.07. The average molecular weight is 868 g/mol. The number of nitrogens with zero attached hydrogens (tertiary/aromatic N) is 5. The van der Waals surface area contributed by atoms with E-state index in [0.29, 0.717) is 17.6 Å². The number of benzene rings is 10. The molecule has 0 radical (unpaired) electrons. The van der Waals surface area contributed by atoms with Crippen LogP contribution in [0.5, 0.6) is 0 Å². The van der Waals surface area contributed by atoms with Crippen molar-refractivity contribution < 1.29 is 0 Å². The topological polar surface area (TPSA) is 48.5 Å². The summed E-state index contributed by atoms with van der Waals surface area (Å²) in [5.41, 5.74) is 16.5. The summed E-state index contributed by atoms with van der Waals surface area (Å²) in [6.45, 7) is 0. The van der Waals surface area contributed by atoms with Crippen LogP contribution in [0.15, 0.2) is 249 Å². The predicted molar refractivity (Wildman–Crippen MR) is 281 cm³/mol. The molecule has 5 heteroatoms. The third-order valence-corrected chi connectivity index (χ3v) is 13.2. The van der Waals surface area contributed by atoms with Crippen LogP contribution >= 0.6 is 0 Å². The van der Waals surface area contributed by atoms with Gasteiger partial charge in [-0.2, -0.15) is 9.97 Å². The van der Waals surface area contributed by atoms with Gasteiger partial charge < -0.3 is 4.57 Å². The van der Waals surface area contributed by atoms with Gasteiger partial charge in [0, 0.05) is 38.2 Å². The van der Waals surface area contributed by atoms with E-state index in [-0.39, 0.29) is 0 Å². The number of hydrogen-bond acceptors (Lipinski definition) is 3. The van der Waals surface area contributed by atoms with Crippen LogP contribution in [-0.2, 0) is 0 Å². The molecule has 0 atom stereocenters. The Balaban J connectivity index is 0.999. The van der Waals surface area contributed by atoms with Gasteiger partial charge in [-0.05, 0) is 69.3 Å². The molecule has 0 saturated heterocycles. The van der Waals surface area contributed by atoms with Gasteiger partial charge in [0.1, 0.15) is 0 Å². The summed E-state index contributed by atoms with van der Waals surface area (Å²) in [5.74, 6) is 1.75. The van der Waals surface area contributed by atoms with Gasteiger partial charge in [-0.15, -0.1) is 0 Å². The lowest BCUT2D eigenvalue weighted by Gasteiger charge is -2.16. The van der Waals surface area contributed by atoms with Gasteiger partial charge in [-0.25, -0.2) is 4.98 Å². The number of fused-ring (bicyclic) bond motifs is 7. The first-order chi connectivity index (χ1) is 33.7. The third kappa shape index (κ3) is 6.68. The highest BCUT2D eigenvalue weighted by Gasteiger charge is 2.24. The molecule has 5 nitrogen and oxygen atoms in total. The molecule has 3 heterocycles. The summed E-state index contributed by atoms with van der Waals surface area (Å²) >= 11 is 0. The Kier molecular flexibility index (Phi) is 9.43. The number of aromatic nitrogens is 5. The first-order valence-electron chi connectivity index (χ1n) is 23.0. The zero-order valence-electron chi connectivity index (χ0n) is 36.9. The Labute approximate surface area is 393 Å². The second kappa shape index (κ2) is 16.4. The van der Waals surface area contributed by atoms with Gasteiger partial charge in [0.15, 0.2) is 11.6 Å². The fourth-order valence-corrected chi connectivity index (χ4v) is 10.00. The molecule has 0 saturated carbocycles. The van der Waals surface area contributed by atoms with Crippen molar-refractivity contribution in [1.29, 1.82) is 0 Å². The van der Waals surface area contributed by atoms with Crippen molar-refractivity contribution >= 4 is 43.6 Å². The third-order valence-electron chi connectivity index (χ3n) is 13.2. The molecule has 3 aromatic heterocycles. The van der Waals surface area contributed by atoms with E-state index in [1.54, 1.807) is 0 Å². The van der Waals surface area contributed by atoms with Crippen molar-refractivity contribution in [2.24, 2.45) is 0 Å². The van der Waals surface area contributed by atoms with Gasteiger partial charge in [0.2, 0.25) is 5.95 Å². The average Bonchev–Trinajstić information content (AvgIpc) is 3.95. The summed E-state index contributed by atoms with van der Waals surface area (Å²) in [4.78, 5) is 16.0. The van der Waals surface area contributed by atoms with E-state index in [0.717, 1.165) is 77.3 Å². The van der Waals surface area contributed by atoms with E-state index in [1.807, 2.05) is 18.2 Å². The Hall–Kier alpha value is -9.19. The van der Waals surface area contributed by atoms with Gasteiger partial charge in [-0.1, -0.05) is 218 Å². The fraction of sp³-hybridized carbons (Fsp3) is 0. The largest absolute Gasteiger partial charge is 0.307 e. The second-order valence-corrected chi connectivity index (χ2v) is 17.2. The maximum atomic E-state index is 5.42. The zero-order valence-corrected chi connectivity index (χ0v) is 36.9. The first kappa shape index (κ1) is 39.2. The van der Waals surface area contributed by atoms with Gasteiger partial charge in [-0.3, -0.25) is 4.57 Å². The molecule has 0 aliphatic heterocycles. The number of para-hydroxylation sites is 3. The molecule has 0 aliphatic rings. The van der Waals surface area contributed by atoms with Gasteiger partial charge >= 0.3 is 0 Å². The molecule has 0 bridgehead atoms. The highest BCUT2D eigenvalue weighted by molar-refractivity contribution is 6.24. The first-order valence-corrected chi connectivity index (χ1v) is 23.0. The van der Waals surface area contributed by atoms with Gasteiger partial charge in [0.05, 0.1) is 27.8 Å². The zero-order chi connectivity index (χ0) is 45.0. The SMILES string of the molecule is c1ccc(-c2cccc(-c3cccc(-c4ccc(-c5nc(-c6ccccc6)nc(-n6c7ccccc7c7ccc8c9ccccc9n(-c9ccccc9-c9ccccc9)c8c76)n5)cc4)c3)c2)cc1. The second-order valence-electron chi connectivity index (χ2n) is 17.2. The summed E-state index contributed by atoms with van der Waals surface area (Å²) in [6.07, 6.45) is 0. The van der Waals surface area contributed by atoms with Crippen LogP contribution in [0.25, 0.3) is 123 Å². The molecule has 0 aliphatic carbocycles. The monoisotopic (exact) mass is 867 g/mol. The highest BCUT2D eigenvalue weighted by atomic mass is 15.2. The lowest BCUT2D eigenvalue weighted by atomic mass is 9.96. The highest BCUT2D eigenvalue weighted by Crippen LogP contribution is 2.43. The van der Waals surface area contributed by atoms with Crippen molar-refractivity contribution in [2.75, 3.05) is 0 Å². The summed E-state index contributed by atoms with van der Waals surface area (Å²) in [5, 5.41) is 4.58. The smallest absolute Gasteiger partial charge is 0.238 e.